The monoisotopic (exact) mass is 362 g/mol. The summed E-state index contributed by atoms with van der Waals surface area (Å²) in [6.45, 7) is 6.99. The van der Waals surface area contributed by atoms with Crippen molar-refractivity contribution >= 4 is 37.6 Å². The Morgan fingerprint density at radius 1 is 1.10 bits per heavy atom. The van der Waals surface area contributed by atoms with E-state index in [4.69, 9.17) is 16.3 Å². The van der Waals surface area contributed by atoms with Crippen LogP contribution in [0, 0.1) is 20.8 Å². The summed E-state index contributed by atoms with van der Waals surface area (Å²) < 4.78 is 6.86. The van der Waals surface area contributed by atoms with Crippen molar-refractivity contribution in [2.45, 2.75) is 20.8 Å². The molecule has 0 unspecified atom stereocenters. The molecule has 1 aliphatic rings. The first kappa shape index (κ1) is 14.7. The molecule has 0 radical (unpaired) electrons. The van der Waals surface area contributed by atoms with Crippen molar-refractivity contribution in [3.05, 3.63) is 63.2 Å². The van der Waals surface area contributed by atoms with Crippen LogP contribution in [0.25, 0.3) is 10.1 Å². The number of benzene rings is 2. The molecule has 3 rings (SSSR count). The molecule has 0 saturated carbocycles. The Balaban J connectivity index is 2.20. The van der Waals surface area contributed by atoms with E-state index in [-0.39, 0.29) is 0 Å². The highest BCUT2D eigenvalue weighted by Crippen LogP contribution is 2.42. The lowest BCUT2D eigenvalue weighted by Gasteiger charge is -2.13. The molecule has 0 aromatic heterocycles. The third kappa shape index (κ3) is 2.63. The number of fused-ring (bicyclic) bond motifs is 1. The molecule has 21 heavy (non-hydrogen) atoms. The highest BCUT2D eigenvalue weighted by molar-refractivity contribution is 9.15. The first-order valence-corrected chi connectivity index (χ1v) is 8.04. The van der Waals surface area contributed by atoms with Crippen molar-refractivity contribution in [1.82, 2.24) is 0 Å². The standard InChI is InChI=1S/C18H16BrClO/c1-10-6-11(2)17(12(3)7-10)18(19)15-9-21-16-5-4-13(20)8-14(15)16/h4-8H,9H2,1-3H3/b18-15-. The average Bonchev–Trinajstić information content (AvgIpc) is 2.80. The minimum atomic E-state index is 0.572. The van der Waals surface area contributed by atoms with Gasteiger partial charge in [0.25, 0.3) is 0 Å². The summed E-state index contributed by atoms with van der Waals surface area (Å²) in [5.41, 5.74) is 7.29. The molecule has 0 N–H and O–H groups in total. The molecule has 0 amide bonds. The minimum absolute atomic E-state index is 0.572. The van der Waals surface area contributed by atoms with Gasteiger partial charge in [-0.1, -0.05) is 29.3 Å². The molecule has 0 bridgehead atoms. The van der Waals surface area contributed by atoms with Gasteiger partial charge in [0.1, 0.15) is 12.4 Å². The van der Waals surface area contributed by atoms with Crippen LogP contribution in [-0.4, -0.2) is 6.61 Å². The third-order valence-corrected chi connectivity index (χ3v) is 4.91. The van der Waals surface area contributed by atoms with Crippen LogP contribution in [0.1, 0.15) is 27.8 Å². The summed E-state index contributed by atoms with van der Waals surface area (Å²) in [5.74, 6) is 0.897. The van der Waals surface area contributed by atoms with E-state index in [1.807, 2.05) is 18.2 Å². The Morgan fingerprint density at radius 2 is 1.76 bits per heavy atom. The molecular weight excluding hydrogens is 348 g/mol. The summed E-state index contributed by atoms with van der Waals surface area (Å²) in [6.07, 6.45) is 0. The Hall–Kier alpha value is -1.25. The molecule has 1 heterocycles. The topological polar surface area (TPSA) is 9.23 Å². The van der Waals surface area contributed by atoms with Gasteiger partial charge in [0.05, 0.1) is 0 Å². The van der Waals surface area contributed by atoms with Gasteiger partial charge in [0.2, 0.25) is 0 Å². The van der Waals surface area contributed by atoms with Gasteiger partial charge in [-0.25, -0.2) is 0 Å². The maximum atomic E-state index is 6.13. The molecule has 2 aromatic rings. The summed E-state index contributed by atoms with van der Waals surface area (Å²) in [7, 11) is 0. The van der Waals surface area contributed by atoms with Crippen molar-refractivity contribution in [3.8, 4) is 5.75 Å². The minimum Gasteiger partial charge on any atom is -0.488 e. The molecule has 3 heteroatoms. The summed E-state index contributed by atoms with van der Waals surface area (Å²) in [5, 5.41) is 0.731. The van der Waals surface area contributed by atoms with Gasteiger partial charge in [-0.05, 0) is 71.6 Å². The van der Waals surface area contributed by atoms with Gasteiger partial charge < -0.3 is 4.74 Å². The molecule has 108 valence electrons. The zero-order chi connectivity index (χ0) is 15.1. The number of halogens is 2. The fraction of sp³-hybridized carbons (Fsp3) is 0.222. The molecule has 0 spiro atoms. The van der Waals surface area contributed by atoms with Crippen molar-refractivity contribution in [3.63, 3.8) is 0 Å². The van der Waals surface area contributed by atoms with Gasteiger partial charge in [-0.2, -0.15) is 0 Å². The summed E-state index contributed by atoms with van der Waals surface area (Å²) in [4.78, 5) is 0. The van der Waals surface area contributed by atoms with E-state index >= 15 is 0 Å². The van der Waals surface area contributed by atoms with Crippen LogP contribution in [-0.2, 0) is 0 Å². The maximum absolute atomic E-state index is 6.13. The Kier molecular flexibility index (Phi) is 3.85. The van der Waals surface area contributed by atoms with Gasteiger partial charge in [0, 0.05) is 20.6 Å². The Morgan fingerprint density at radius 3 is 2.43 bits per heavy atom. The lowest BCUT2D eigenvalue weighted by Crippen LogP contribution is -1.96. The van der Waals surface area contributed by atoms with Gasteiger partial charge in [-0.3, -0.25) is 0 Å². The second-order valence-corrected chi connectivity index (χ2v) is 6.72. The fourth-order valence-corrected chi connectivity index (χ4v) is 4.08. The third-order valence-electron chi connectivity index (χ3n) is 3.80. The smallest absolute Gasteiger partial charge is 0.127 e. The number of ether oxygens (including phenoxy) is 1. The molecule has 0 atom stereocenters. The molecule has 2 aromatic carbocycles. The molecule has 1 aliphatic heterocycles. The number of hydrogen-bond donors (Lipinski definition) is 0. The van der Waals surface area contributed by atoms with Gasteiger partial charge in [0.15, 0.2) is 0 Å². The van der Waals surface area contributed by atoms with Gasteiger partial charge in [-0.15, -0.1) is 0 Å². The second kappa shape index (κ2) is 5.51. The lowest BCUT2D eigenvalue weighted by molar-refractivity contribution is 0.389. The van der Waals surface area contributed by atoms with E-state index in [9.17, 15) is 0 Å². The van der Waals surface area contributed by atoms with Crippen molar-refractivity contribution in [2.75, 3.05) is 6.61 Å². The van der Waals surface area contributed by atoms with E-state index in [2.05, 4.69) is 48.8 Å². The first-order chi connectivity index (χ1) is 9.97. The molecule has 1 nitrogen and oxygen atoms in total. The van der Waals surface area contributed by atoms with E-state index < -0.39 is 0 Å². The van der Waals surface area contributed by atoms with Crippen LogP contribution < -0.4 is 4.74 Å². The molecule has 0 aliphatic carbocycles. The fourth-order valence-electron chi connectivity index (χ4n) is 2.95. The highest BCUT2D eigenvalue weighted by Gasteiger charge is 2.22. The van der Waals surface area contributed by atoms with E-state index in [0.717, 1.165) is 26.4 Å². The number of hydrogen-bond acceptors (Lipinski definition) is 1. The van der Waals surface area contributed by atoms with E-state index in [1.165, 1.54) is 22.3 Å². The zero-order valence-electron chi connectivity index (χ0n) is 12.3. The second-order valence-electron chi connectivity index (χ2n) is 5.50. The largest absolute Gasteiger partial charge is 0.488 e. The predicted molar refractivity (Wildman–Crippen MR) is 93.3 cm³/mol. The average molecular weight is 364 g/mol. The van der Waals surface area contributed by atoms with Crippen LogP contribution in [0.5, 0.6) is 5.75 Å². The first-order valence-electron chi connectivity index (χ1n) is 6.87. The summed E-state index contributed by atoms with van der Waals surface area (Å²) >= 11 is 9.92. The molecule has 0 saturated heterocycles. The highest BCUT2D eigenvalue weighted by atomic mass is 79.9. The molecule has 0 fully saturated rings. The van der Waals surface area contributed by atoms with Gasteiger partial charge >= 0.3 is 0 Å². The van der Waals surface area contributed by atoms with Crippen LogP contribution >= 0.6 is 27.5 Å². The van der Waals surface area contributed by atoms with Crippen molar-refractivity contribution in [1.29, 1.82) is 0 Å². The zero-order valence-corrected chi connectivity index (χ0v) is 14.6. The lowest BCUT2D eigenvalue weighted by atomic mass is 9.96. The predicted octanol–water partition coefficient (Wildman–Crippen LogP) is 5.92. The van der Waals surface area contributed by atoms with Crippen molar-refractivity contribution < 1.29 is 4.74 Å². The van der Waals surface area contributed by atoms with Crippen molar-refractivity contribution in [2.24, 2.45) is 0 Å². The van der Waals surface area contributed by atoms with E-state index in [0.29, 0.717) is 6.61 Å². The van der Waals surface area contributed by atoms with E-state index in [1.54, 1.807) is 0 Å². The Labute approximate surface area is 138 Å². The summed E-state index contributed by atoms with van der Waals surface area (Å²) in [6, 6.07) is 10.2. The van der Waals surface area contributed by atoms with Crippen LogP contribution in [0.4, 0.5) is 0 Å². The normalized spacial score (nSPS) is 15.7. The molecular formula is C18H16BrClO. The maximum Gasteiger partial charge on any atom is 0.127 e. The van der Waals surface area contributed by atoms with Crippen LogP contribution in [0.2, 0.25) is 5.02 Å². The van der Waals surface area contributed by atoms with Crippen LogP contribution in [0.15, 0.2) is 30.3 Å². The quantitative estimate of drug-likeness (QED) is 0.611. The number of rotatable bonds is 1. The Bertz CT molecular complexity index is 739. The SMILES string of the molecule is Cc1cc(C)c(/C(Br)=C2\COc3ccc(Cl)cc32)c(C)c1. The number of aryl methyl sites for hydroxylation is 3. The van der Waals surface area contributed by atoms with Crippen LogP contribution in [0.3, 0.4) is 0 Å².